The number of hydrogen-bond acceptors (Lipinski definition) is 1. The van der Waals surface area contributed by atoms with Gasteiger partial charge in [0.2, 0.25) is 0 Å². The van der Waals surface area contributed by atoms with Gasteiger partial charge in [0, 0.05) is 10.1 Å². The number of allylic oxidation sites excluding steroid dienone is 5. The molecule has 0 saturated heterocycles. The van der Waals surface area contributed by atoms with Gasteiger partial charge in [-0.25, -0.2) is 0 Å². The Hall–Kier alpha value is -1.41. The van der Waals surface area contributed by atoms with Crippen molar-refractivity contribution in [3.05, 3.63) is 64.2 Å². The third kappa shape index (κ3) is 2.54. The van der Waals surface area contributed by atoms with Gasteiger partial charge < -0.3 is 0 Å². The van der Waals surface area contributed by atoms with E-state index < -0.39 is 0 Å². The first-order valence-electron chi connectivity index (χ1n) is 4.62. The molecule has 15 heavy (non-hydrogen) atoms. The fourth-order valence-corrected chi connectivity index (χ4v) is 1.74. The first-order valence-corrected chi connectivity index (χ1v) is 5.41. The molecule has 0 saturated carbocycles. The summed E-state index contributed by atoms with van der Waals surface area (Å²) in [6.45, 7) is 0. The summed E-state index contributed by atoms with van der Waals surface area (Å²) < 4.78 is 0.921. The highest BCUT2D eigenvalue weighted by Gasteiger charge is 2.08. The zero-order valence-electron chi connectivity index (χ0n) is 7.98. The van der Waals surface area contributed by atoms with E-state index in [0.717, 1.165) is 10.0 Å². The maximum atomic E-state index is 11.5. The molecule has 0 fully saturated rings. The van der Waals surface area contributed by atoms with Crippen LogP contribution >= 0.6 is 15.9 Å². The van der Waals surface area contributed by atoms with Crippen molar-refractivity contribution >= 4 is 27.8 Å². The van der Waals surface area contributed by atoms with Crippen LogP contribution in [-0.2, 0) is 4.79 Å². The molecule has 0 spiro atoms. The third-order valence-electron chi connectivity index (χ3n) is 2.09. The van der Waals surface area contributed by atoms with Crippen molar-refractivity contribution < 1.29 is 4.79 Å². The van der Waals surface area contributed by atoms with Crippen LogP contribution < -0.4 is 0 Å². The molecular formula is C13H9BrO. The largest absolute Gasteiger partial charge is 0.289 e. The van der Waals surface area contributed by atoms with Gasteiger partial charge in [-0.2, -0.15) is 0 Å². The number of halogens is 1. The second-order valence-electron chi connectivity index (χ2n) is 3.24. The van der Waals surface area contributed by atoms with Crippen molar-refractivity contribution in [3.8, 4) is 0 Å². The van der Waals surface area contributed by atoms with Crippen molar-refractivity contribution in [1.29, 1.82) is 0 Å². The van der Waals surface area contributed by atoms with E-state index in [4.69, 9.17) is 0 Å². The summed E-state index contributed by atoms with van der Waals surface area (Å²) in [5.41, 5.74) is 1.74. The van der Waals surface area contributed by atoms with Crippen molar-refractivity contribution in [2.24, 2.45) is 0 Å². The van der Waals surface area contributed by atoms with Crippen LogP contribution in [0.25, 0.3) is 6.08 Å². The minimum Gasteiger partial charge on any atom is -0.289 e. The standard InChI is InChI=1S/C13H9BrO/c14-12-6-7-13(15)11(9-12)8-10-4-2-1-3-5-10/h1-9H/b11-8+. The highest BCUT2D eigenvalue weighted by Crippen LogP contribution is 2.19. The monoisotopic (exact) mass is 260 g/mol. The maximum Gasteiger partial charge on any atom is 0.185 e. The second-order valence-corrected chi connectivity index (χ2v) is 4.15. The molecule has 0 bridgehead atoms. The van der Waals surface area contributed by atoms with E-state index in [1.165, 1.54) is 0 Å². The first-order chi connectivity index (χ1) is 7.25. The van der Waals surface area contributed by atoms with Crippen LogP contribution in [0.3, 0.4) is 0 Å². The predicted molar refractivity (Wildman–Crippen MR) is 65.6 cm³/mol. The topological polar surface area (TPSA) is 17.1 Å². The fourth-order valence-electron chi connectivity index (χ4n) is 1.36. The number of carbonyl (C=O) groups excluding carboxylic acids is 1. The number of ketones is 1. The molecule has 0 amide bonds. The molecule has 0 heterocycles. The van der Waals surface area contributed by atoms with E-state index in [-0.39, 0.29) is 5.78 Å². The van der Waals surface area contributed by atoms with Gasteiger partial charge in [0.25, 0.3) is 0 Å². The highest BCUT2D eigenvalue weighted by atomic mass is 79.9. The van der Waals surface area contributed by atoms with Gasteiger partial charge in [-0.1, -0.05) is 46.3 Å². The van der Waals surface area contributed by atoms with Crippen LogP contribution in [0, 0.1) is 0 Å². The van der Waals surface area contributed by atoms with Crippen LogP contribution in [0.4, 0.5) is 0 Å². The Kier molecular flexibility index (Phi) is 2.97. The smallest absolute Gasteiger partial charge is 0.185 e. The molecule has 0 aliphatic heterocycles. The number of benzene rings is 1. The lowest BCUT2D eigenvalue weighted by Gasteiger charge is -2.03. The Balaban J connectivity index is 2.36. The molecule has 0 N–H and O–H groups in total. The Morgan fingerprint density at radius 2 is 1.80 bits per heavy atom. The molecule has 74 valence electrons. The summed E-state index contributed by atoms with van der Waals surface area (Å²) in [5, 5.41) is 0. The number of carbonyl (C=O) groups is 1. The maximum absolute atomic E-state index is 11.5. The molecule has 1 aliphatic carbocycles. The zero-order valence-corrected chi connectivity index (χ0v) is 9.57. The molecule has 2 rings (SSSR count). The van der Waals surface area contributed by atoms with Gasteiger partial charge in [0.15, 0.2) is 5.78 Å². The van der Waals surface area contributed by atoms with E-state index in [0.29, 0.717) is 5.57 Å². The lowest BCUT2D eigenvalue weighted by Crippen LogP contribution is -1.99. The van der Waals surface area contributed by atoms with E-state index in [9.17, 15) is 4.79 Å². The fraction of sp³-hybridized carbons (Fsp3) is 0. The Labute approximate surface area is 96.9 Å². The van der Waals surface area contributed by atoms with Crippen LogP contribution in [0.15, 0.2) is 58.6 Å². The van der Waals surface area contributed by atoms with Crippen LogP contribution in [0.5, 0.6) is 0 Å². The van der Waals surface area contributed by atoms with Gasteiger partial charge in [-0.15, -0.1) is 0 Å². The van der Waals surface area contributed by atoms with Gasteiger partial charge in [-0.05, 0) is 29.9 Å². The summed E-state index contributed by atoms with van der Waals surface area (Å²) >= 11 is 3.35. The molecular weight excluding hydrogens is 252 g/mol. The van der Waals surface area contributed by atoms with Gasteiger partial charge in [-0.3, -0.25) is 4.79 Å². The summed E-state index contributed by atoms with van der Waals surface area (Å²) in [7, 11) is 0. The average molecular weight is 261 g/mol. The molecule has 1 aromatic carbocycles. The first kappa shape index (κ1) is 10.1. The lowest BCUT2D eigenvalue weighted by atomic mass is 10.0. The summed E-state index contributed by atoms with van der Waals surface area (Å²) in [5.74, 6) is 0.0436. The van der Waals surface area contributed by atoms with Crippen molar-refractivity contribution in [1.82, 2.24) is 0 Å². The molecule has 0 unspecified atom stereocenters. The molecule has 1 nitrogen and oxygen atoms in total. The minimum atomic E-state index is 0.0436. The van der Waals surface area contributed by atoms with Gasteiger partial charge in [0.05, 0.1) is 0 Å². The predicted octanol–water partition coefficient (Wildman–Crippen LogP) is 3.49. The van der Waals surface area contributed by atoms with Gasteiger partial charge in [0.1, 0.15) is 0 Å². The summed E-state index contributed by atoms with van der Waals surface area (Å²) in [6.07, 6.45) is 7.03. The molecule has 1 aromatic rings. The quantitative estimate of drug-likeness (QED) is 0.707. The average Bonchev–Trinajstić information content (AvgIpc) is 2.25. The Morgan fingerprint density at radius 1 is 1.07 bits per heavy atom. The third-order valence-corrected chi connectivity index (χ3v) is 2.59. The molecule has 2 heteroatoms. The van der Waals surface area contributed by atoms with Crippen LogP contribution in [-0.4, -0.2) is 5.78 Å². The number of rotatable bonds is 1. The van der Waals surface area contributed by atoms with Crippen molar-refractivity contribution in [2.45, 2.75) is 0 Å². The second kappa shape index (κ2) is 4.41. The van der Waals surface area contributed by atoms with E-state index in [1.807, 2.05) is 42.5 Å². The molecule has 0 aromatic heterocycles. The van der Waals surface area contributed by atoms with Crippen LogP contribution in [0.2, 0.25) is 0 Å². The van der Waals surface area contributed by atoms with E-state index in [1.54, 1.807) is 12.2 Å². The Morgan fingerprint density at radius 3 is 2.53 bits per heavy atom. The van der Waals surface area contributed by atoms with E-state index in [2.05, 4.69) is 15.9 Å². The van der Waals surface area contributed by atoms with Crippen molar-refractivity contribution in [2.75, 3.05) is 0 Å². The van der Waals surface area contributed by atoms with Crippen LogP contribution in [0.1, 0.15) is 5.56 Å². The summed E-state index contributed by atoms with van der Waals surface area (Å²) in [6, 6.07) is 9.81. The molecule has 0 radical (unpaired) electrons. The molecule has 0 atom stereocenters. The van der Waals surface area contributed by atoms with Gasteiger partial charge >= 0.3 is 0 Å². The zero-order chi connectivity index (χ0) is 10.7. The highest BCUT2D eigenvalue weighted by molar-refractivity contribution is 9.11. The molecule has 1 aliphatic rings. The van der Waals surface area contributed by atoms with Crippen molar-refractivity contribution in [3.63, 3.8) is 0 Å². The number of hydrogen-bond donors (Lipinski definition) is 0. The Bertz CT molecular complexity index is 467. The normalized spacial score (nSPS) is 18.1. The minimum absolute atomic E-state index is 0.0436. The summed E-state index contributed by atoms with van der Waals surface area (Å²) in [4.78, 5) is 11.5. The lowest BCUT2D eigenvalue weighted by molar-refractivity contribution is -0.111. The van der Waals surface area contributed by atoms with E-state index >= 15 is 0 Å². The SMILES string of the molecule is O=C1C=CC(Br)=C/C1=C\c1ccccc1.